The Labute approximate surface area is 92.4 Å². The molecule has 0 bridgehead atoms. The smallest absolute Gasteiger partial charge is 0.226 e. The third-order valence-corrected chi connectivity index (χ3v) is 3.60. The minimum atomic E-state index is 0.375. The Balaban J connectivity index is 1.96. The molecule has 0 spiro atoms. The van der Waals surface area contributed by atoms with Crippen molar-refractivity contribution in [2.45, 2.75) is 12.5 Å². The molecule has 0 radical (unpaired) electrons. The van der Waals surface area contributed by atoms with Crippen LogP contribution in [0, 0.1) is 0 Å². The lowest BCUT2D eigenvalue weighted by molar-refractivity contribution is 0.316. The van der Waals surface area contributed by atoms with Gasteiger partial charge >= 0.3 is 0 Å². The van der Waals surface area contributed by atoms with Gasteiger partial charge in [-0.3, -0.25) is 0 Å². The van der Waals surface area contributed by atoms with E-state index in [1.807, 2.05) is 17.8 Å². The van der Waals surface area contributed by atoms with Crippen LogP contribution >= 0.6 is 23.1 Å². The maximum atomic E-state index is 5.56. The highest BCUT2D eigenvalue weighted by Crippen LogP contribution is 2.18. The van der Waals surface area contributed by atoms with Gasteiger partial charge in [-0.05, 0) is 29.9 Å². The molecule has 0 amide bonds. The normalized spacial score (nSPS) is 20.6. The van der Waals surface area contributed by atoms with Crippen molar-refractivity contribution in [3.63, 3.8) is 0 Å². The van der Waals surface area contributed by atoms with Crippen LogP contribution in [0.1, 0.15) is 11.3 Å². The Kier molecular flexibility index (Phi) is 3.48. The lowest BCUT2D eigenvalue weighted by atomic mass is 10.3. The van der Waals surface area contributed by atoms with E-state index in [4.69, 9.17) is 4.74 Å². The third-order valence-electron chi connectivity index (χ3n) is 2.10. The highest BCUT2D eigenvalue weighted by Gasteiger charge is 2.19. The first-order valence-electron chi connectivity index (χ1n) is 4.63. The largest absolute Gasteiger partial charge is 0.475 e. The van der Waals surface area contributed by atoms with E-state index in [1.165, 1.54) is 0 Å². The number of thiophene rings is 1. The fourth-order valence-corrected chi connectivity index (χ4v) is 2.53. The monoisotopic (exact) mass is 227 g/mol. The van der Waals surface area contributed by atoms with E-state index in [9.17, 15) is 0 Å². The first-order chi connectivity index (χ1) is 6.90. The van der Waals surface area contributed by atoms with E-state index in [1.54, 1.807) is 11.3 Å². The summed E-state index contributed by atoms with van der Waals surface area (Å²) in [5.74, 6) is 2.00. The first kappa shape index (κ1) is 10.1. The molecule has 1 atom stereocenters. The number of aliphatic imine (C=N–C) groups is 1. The lowest BCUT2D eigenvalue weighted by Gasteiger charge is -2.01. The van der Waals surface area contributed by atoms with Gasteiger partial charge in [-0.15, -0.1) is 11.3 Å². The Bertz CT molecular complexity index is 308. The standard InChI is InChI=1S/C10H13NOS2/c1-13-6-4-8-7-12-10(11-8)9-3-2-5-14-9/h2-3,5,8H,4,6-7H2,1H3/t8-/m0/s1. The number of nitrogens with zero attached hydrogens (tertiary/aromatic N) is 1. The molecular formula is C10H13NOS2. The van der Waals surface area contributed by atoms with Crippen molar-refractivity contribution >= 4 is 29.0 Å². The molecule has 1 aromatic heterocycles. The molecule has 2 heterocycles. The molecule has 0 unspecified atom stereocenters. The van der Waals surface area contributed by atoms with Crippen molar-refractivity contribution in [3.8, 4) is 0 Å². The average molecular weight is 227 g/mol. The summed E-state index contributed by atoms with van der Waals surface area (Å²) in [6.07, 6.45) is 3.25. The van der Waals surface area contributed by atoms with Gasteiger partial charge in [0.15, 0.2) is 0 Å². The van der Waals surface area contributed by atoms with Gasteiger partial charge in [0.05, 0.1) is 10.9 Å². The predicted octanol–water partition coefficient (Wildman–Crippen LogP) is 2.65. The van der Waals surface area contributed by atoms with Gasteiger partial charge in [-0.2, -0.15) is 11.8 Å². The highest BCUT2D eigenvalue weighted by atomic mass is 32.2. The van der Waals surface area contributed by atoms with Crippen molar-refractivity contribution in [1.29, 1.82) is 0 Å². The van der Waals surface area contributed by atoms with E-state index >= 15 is 0 Å². The molecular weight excluding hydrogens is 214 g/mol. The van der Waals surface area contributed by atoms with E-state index in [0.717, 1.165) is 29.6 Å². The SMILES string of the molecule is CSCC[C@H]1COC(c2cccs2)=N1. The van der Waals surface area contributed by atoms with Gasteiger partial charge in [0.25, 0.3) is 0 Å². The minimum absolute atomic E-state index is 0.375. The predicted molar refractivity (Wildman–Crippen MR) is 63.6 cm³/mol. The van der Waals surface area contributed by atoms with E-state index in [-0.39, 0.29) is 0 Å². The Morgan fingerprint density at radius 1 is 1.71 bits per heavy atom. The van der Waals surface area contributed by atoms with E-state index in [2.05, 4.69) is 22.7 Å². The second-order valence-corrected chi connectivity index (χ2v) is 5.09. The summed E-state index contributed by atoms with van der Waals surface area (Å²) in [4.78, 5) is 5.71. The lowest BCUT2D eigenvalue weighted by Crippen LogP contribution is -2.06. The summed E-state index contributed by atoms with van der Waals surface area (Å²) in [5, 5.41) is 2.05. The molecule has 4 heteroatoms. The van der Waals surface area contributed by atoms with Crippen LogP contribution < -0.4 is 0 Å². The van der Waals surface area contributed by atoms with Crippen molar-refractivity contribution in [3.05, 3.63) is 22.4 Å². The zero-order valence-electron chi connectivity index (χ0n) is 8.10. The zero-order chi connectivity index (χ0) is 9.80. The van der Waals surface area contributed by atoms with Crippen LogP contribution in [0.2, 0.25) is 0 Å². The molecule has 1 aliphatic rings. The maximum Gasteiger partial charge on any atom is 0.226 e. The van der Waals surface area contributed by atoms with Crippen LogP contribution in [0.15, 0.2) is 22.5 Å². The third kappa shape index (κ3) is 2.30. The molecule has 2 nitrogen and oxygen atoms in total. The summed E-state index contributed by atoms with van der Waals surface area (Å²) < 4.78 is 5.56. The maximum absolute atomic E-state index is 5.56. The van der Waals surface area contributed by atoms with Crippen LogP contribution in [0.4, 0.5) is 0 Å². The summed E-state index contributed by atoms with van der Waals surface area (Å²) in [7, 11) is 0. The van der Waals surface area contributed by atoms with Crippen molar-refractivity contribution in [2.75, 3.05) is 18.6 Å². The second kappa shape index (κ2) is 4.84. The van der Waals surface area contributed by atoms with Gasteiger partial charge in [-0.25, -0.2) is 4.99 Å². The molecule has 14 heavy (non-hydrogen) atoms. The fraction of sp³-hybridized carbons (Fsp3) is 0.500. The first-order valence-corrected chi connectivity index (χ1v) is 6.91. The number of rotatable bonds is 4. The van der Waals surface area contributed by atoms with Crippen LogP contribution in [-0.2, 0) is 4.74 Å². The number of ether oxygens (including phenoxy) is 1. The fourth-order valence-electron chi connectivity index (χ4n) is 1.35. The molecule has 0 N–H and O–H groups in total. The molecule has 76 valence electrons. The quantitative estimate of drug-likeness (QED) is 0.788. The summed E-state index contributed by atoms with van der Waals surface area (Å²) in [6, 6.07) is 4.46. The van der Waals surface area contributed by atoms with Crippen LogP contribution in [0.25, 0.3) is 0 Å². The second-order valence-electron chi connectivity index (χ2n) is 3.16. The van der Waals surface area contributed by atoms with Gasteiger partial charge in [0.1, 0.15) is 6.61 Å². The van der Waals surface area contributed by atoms with Crippen LogP contribution in [-0.4, -0.2) is 30.6 Å². The molecule has 2 rings (SSSR count). The molecule has 0 fully saturated rings. The number of hydrogen-bond donors (Lipinski definition) is 0. The molecule has 1 aliphatic heterocycles. The minimum Gasteiger partial charge on any atom is -0.475 e. The topological polar surface area (TPSA) is 21.6 Å². The Morgan fingerprint density at radius 2 is 2.64 bits per heavy atom. The van der Waals surface area contributed by atoms with Crippen LogP contribution in [0.5, 0.6) is 0 Å². The van der Waals surface area contributed by atoms with Gasteiger partial charge in [0.2, 0.25) is 5.90 Å². The Hall–Kier alpha value is -0.480. The molecule has 0 saturated heterocycles. The molecule has 0 saturated carbocycles. The van der Waals surface area contributed by atoms with Gasteiger partial charge in [-0.1, -0.05) is 6.07 Å². The Morgan fingerprint density at radius 3 is 3.36 bits per heavy atom. The van der Waals surface area contributed by atoms with Gasteiger partial charge < -0.3 is 4.74 Å². The zero-order valence-corrected chi connectivity index (χ0v) is 9.74. The van der Waals surface area contributed by atoms with Crippen LogP contribution in [0.3, 0.4) is 0 Å². The van der Waals surface area contributed by atoms with E-state index < -0.39 is 0 Å². The molecule has 0 aliphatic carbocycles. The van der Waals surface area contributed by atoms with Crippen molar-refractivity contribution in [2.24, 2.45) is 4.99 Å². The van der Waals surface area contributed by atoms with E-state index in [0.29, 0.717) is 6.04 Å². The summed E-state index contributed by atoms with van der Waals surface area (Å²) in [5.41, 5.74) is 0. The summed E-state index contributed by atoms with van der Waals surface area (Å²) >= 11 is 3.55. The summed E-state index contributed by atoms with van der Waals surface area (Å²) in [6.45, 7) is 0.758. The molecule has 0 aromatic carbocycles. The average Bonchev–Trinajstić information content (AvgIpc) is 2.85. The van der Waals surface area contributed by atoms with Gasteiger partial charge in [0, 0.05) is 0 Å². The molecule has 1 aromatic rings. The van der Waals surface area contributed by atoms with Crippen molar-refractivity contribution < 1.29 is 4.74 Å². The van der Waals surface area contributed by atoms with Crippen molar-refractivity contribution in [1.82, 2.24) is 0 Å². The number of hydrogen-bond acceptors (Lipinski definition) is 4. The number of thioether (sulfide) groups is 1. The highest BCUT2D eigenvalue weighted by molar-refractivity contribution is 7.98.